The van der Waals surface area contributed by atoms with E-state index in [1.807, 2.05) is 0 Å². The number of likely N-dealkylation sites (N-methyl/N-ethyl adjacent to an activating group) is 1. The van der Waals surface area contributed by atoms with Crippen molar-refractivity contribution >= 4 is 0 Å². The molecule has 3 nitrogen and oxygen atoms in total. The summed E-state index contributed by atoms with van der Waals surface area (Å²) >= 11 is 0. The van der Waals surface area contributed by atoms with E-state index in [1.165, 1.54) is 0 Å². The standard InChI is InChI=1S/C11H26N2O/c1-5-10(12)11(8-14)13(6-2)7-9(3)4/h9-11,14H,5-8,12H2,1-4H3. The molecule has 0 heterocycles. The fourth-order valence-corrected chi connectivity index (χ4v) is 1.76. The molecule has 0 aliphatic carbocycles. The number of aliphatic hydroxyl groups is 1. The van der Waals surface area contributed by atoms with Crippen molar-refractivity contribution in [2.24, 2.45) is 11.7 Å². The van der Waals surface area contributed by atoms with Crippen LogP contribution in [0.1, 0.15) is 34.1 Å². The first-order valence-corrected chi connectivity index (χ1v) is 5.67. The zero-order valence-corrected chi connectivity index (χ0v) is 10.0. The fraction of sp³-hybridized carbons (Fsp3) is 1.00. The third kappa shape index (κ3) is 4.40. The first-order chi connectivity index (χ1) is 6.56. The van der Waals surface area contributed by atoms with Gasteiger partial charge in [-0.05, 0) is 18.9 Å². The molecule has 0 bridgehead atoms. The van der Waals surface area contributed by atoms with Gasteiger partial charge in [-0.2, -0.15) is 0 Å². The van der Waals surface area contributed by atoms with E-state index in [1.54, 1.807) is 0 Å². The van der Waals surface area contributed by atoms with Crippen LogP contribution in [0.2, 0.25) is 0 Å². The van der Waals surface area contributed by atoms with Crippen molar-refractivity contribution in [3.8, 4) is 0 Å². The Hall–Kier alpha value is -0.120. The smallest absolute Gasteiger partial charge is 0.0601 e. The summed E-state index contributed by atoms with van der Waals surface area (Å²) in [7, 11) is 0. The van der Waals surface area contributed by atoms with Crippen LogP contribution in [0.5, 0.6) is 0 Å². The molecule has 0 rings (SSSR count). The molecule has 2 unspecified atom stereocenters. The van der Waals surface area contributed by atoms with Gasteiger partial charge in [-0.1, -0.05) is 27.7 Å². The molecule has 0 radical (unpaired) electrons. The Bertz CT molecular complexity index is 139. The lowest BCUT2D eigenvalue weighted by molar-refractivity contribution is 0.0970. The van der Waals surface area contributed by atoms with Gasteiger partial charge in [0.15, 0.2) is 0 Å². The Morgan fingerprint density at radius 3 is 2.14 bits per heavy atom. The monoisotopic (exact) mass is 202 g/mol. The van der Waals surface area contributed by atoms with Crippen molar-refractivity contribution in [1.82, 2.24) is 4.90 Å². The summed E-state index contributed by atoms with van der Waals surface area (Å²) in [5, 5.41) is 9.32. The first-order valence-electron chi connectivity index (χ1n) is 5.67. The number of nitrogens with zero attached hydrogens (tertiary/aromatic N) is 1. The minimum absolute atomic E-state index is 0.0821. The van der Waals surface area contributed by atoms with Crippen LogP contribution in [0.25, 0.3) is 0 Å². The molecule has 0 saturated carbocycles. The lowest BCUT2D eigenvalue weighted by Crippen LogP contribution is -2.50. The largest absolute Gasteiger partial charge is 0.395 e. The number of nitrogens with two attached hydrogens (primary N) is 1. The van der Waals surface area contributed by atoms with Crippen molar-refractivity contribution in [3.63, 3.8) is 0 Å². The highest BCUT2D eigenvalue weighted by Gasteiger charge is 2.22. The maximum atomic E-state index is 9.32. The van der Waals surface area contributed by atoms with Crippen molar-refractivity contribution in [1.29, 1.82) is 0 Å². The molecule has 0 spiro atoms. The zero-order chi connectivity index (χ0) is 11.1. The molecule has 0 aliphatic rings. The Morgan fingerprint density at radius 2 is 1.86 bits per heavy atom. The van der Waals surface area contributed by atoms with E-state index in [-0.39, 0.29) is 18.7 Å². The van der Waals surface area contributed by atoms with Crippen LogP contribution in [-0.2, 0) is 0 Å². The third-order valence-corrected chi connectivity index (χ3v) is 2.63. The summed E-state index contributed by atoms with van der Waals surface area (Å²) in [5.41, 5.74) is 5.98. The van der Waals surface area contributed by atoms with Crippen molar-refractivity contribution in [3.05, 3.63) is 0 Å². The summed E-state index contributed by atoms with van der Waals surface area (Å²) in [6.45, 7) is 10.7. The number of hydrogen-bond donors (Lipinski definition) is 2. The first kappa shape index (κ1) is 13.9. The zero-order valence-electron chi connectivity index (χ0n) is 10.0. The van der Waals surface area contributed by atoms with Crippen LogP contribution in [0.4, 0.5) is 0 Å². The molecule has 0 aliphatic heterocycles. The quantitative estimate of drug-likeness (QED) is 0.649. The molecule has 3 N–H and O–H groups in total. The molecule has 2 atom stereocenters. The second-order valence-corrected chi connectivity index (χ2v) is 4.30. The van der Waals surface area contributed by atoms with Gasteiger partial charge in [-0.15, -0.1) is 0 Å². The molecule has 0 aromatic carbocycles. The normalized spacial score (nSPS) is 16.3. The lowest BCUT2D eigenvalue weighted by Gasteiger charge is -2.34. The van der Waals surface area contributed by atoms with Crippen molar-refractivity contribution in [2.45, 2.75) is 46.2 Å². The third-order valence-electron chi connectivity index (χ3n) is 2.63. The van der Waals surface area contributed by atoms with Gasteiger partial charge < -0.3 is 10.8 Å². The van der Waals surface area contributed by atoms with Crippen LogP contribution < -0.4 is 5.73 Å². The van der Waals surface area contributed by atoms with E-state index in [4.69, 9.17) is 5.73 Å². The summed E-state index contributed by atoms with van der Waals surface area (Å²) in [6.07, 6.45) is 0.916. The Labute approximate surface area is 88.3 Å². The van der Waals surface area contributed by atoms with Gasteiger partial charge in [0, 0.05) is 18.6 Å². The summed E-state index contributed by atoms with van der Waals surface area (Å²) in [4.78, 5) is 2.28. The summed E-state index contributed by atoms with van der Waals surface area (Å²) in [5.74, 6) is 0.619. The molecular weight excluding hydrogens is 176 g/mol. The Morgan fingerprint density at radius 1 is 1.29 bits per heavy atom. The van der Waals surface area contributed by atoms with Crippen LogP contribution in [0.3, 0.4) is 0 Å². The van der Waals surface area contributed by atoms with Gasteiger partial charge in [-0.25, -0.2) is 0 Å². The molecule has 0 aromatic rings. The topological polar surface area (TPSA) is 49.5 Å². The summed E-state index contributed by atoms with van der Waals surface area (Å²) < 4.78 is 0. The number of hydrogen-bond acceptors (Lipinski definition) is 3. The van der Waals surface area contributed by atoms with Crippen LogP contribution in [0, 0.1) is 5.92 Å². The number of rotatable bonds is 7. The highest BCUT2D eigenvalue weighted by molar-refractivity contribution is 4.80. The van der Waals surface area contributed by atoms with Gasteiger partial charge in [0.2, 0.25) is 0 Å². The molecule has 3 heteroatoms. The van der Waals surface area contributed by atoms with Crippen LogP contribution >= 0.6 is 0 Å². The second-order valence-electron chi connectivity index (χ2n) is 4.30. The van der Waals surface area contributed by atoms with Gasteiger partial charge in [0.05, 0.1) is 6.61 Å². The van der Waals surface area contributed by atoms with Crippen molar-refractivity contribution < 1.29 is 5.11 Å². The Balaban J connectivity index is 4.28. The minimum atomic E-state index is 0.0821. The molecule has 0 saturated heterocycles. The highest BCUT2D eigenvalue weighted by atomic mass is 16.3. The van der Waals surface area contributed by atoms with Gasteiger partial charge in [0.1, 0.15) is 0 Å². The maximum Gasteiger partial charge on any atom is 0.0601 e. The summed E-state index contributed by atoms with van der Waals surface area (Å²) in [6, 6.07) is 0.200. The average molecular weight is 202 g/mol. The van der Waals surface area contributed by atoms with E-state index in [2.05, 4.69) is 32.6 Å². The number of aliphatic hydroxyl groups excluding tert-OH is 1. The van der Waals surface area contributed by atoms with Crippen molar-refractivity contribution in [2.75, 3.05) is 19.7 Å². The van der Waals surface area contributed by atoms with Gasteiger partial charge in [0.25, 0.3) is 0 Å². The molecular formula is C11H26N2O. The predicted molar refractivity (Wildman–Crippen MR) is 61.2 cm³/mol. The van der Waals surface area contributed by atoms with E-state index in [0.717, 1.165) is 19.5 Å². The van der Waals surface area contributed by atoms with Crippen LogP contribution in [-0.4, -0.2) is 41.8 Å². The van der Waals surface area contributed by atoms with E-state index in [0.29, 0.717) is 5.92 Å². The van der Waals surface area contributed by atoms with E-state index < -0.39 is 0 Å². The SMILES string of the molecule is CCC(N)C(CO)N(CC)CC(C)C. The molecule has 0 aromatic heterocycles. The van der Waals surface area contributed by atoms with Gasteiger partial charge in [-0.3, -0.25) is 4.90 Å². The average Bonchev–Trinajstić information content (AvgIpc) is 2.16. The maximum absolute atomic E-state index is 9.32. The van der Waals surface area contributed by atoms with E-state index in [9.17, 15) is 5.11 Å². The second kappa shape index (κ2) is 7.21. The van der Waals surface area contributed by atoms with Gasteiger partial charge >= 0.3 is 0 Å². The lowest BCUT2D eigenvalue weighted by atomic mass is 10.0. The minimum Gasteiger partial charge on any atom is -0.395 e. The fourth-order valence-electron chi connectivity index (χ4n) is 1.76. The molecule has 14 heavy (non-hydrogen) atoms. The highest BCUT2D eigenvalue weighted by Crippen LogP contribution is 2.08. The Kier molecular flexibility index (Phi) is 7.15. The van der Waals surface area contributed by atoms with E-state index >= 15 is 0 Å². The molecule has 0 fully saturated rings. The van der Waals surface area contributed by atoms with Crippen LogP contribution in [0.15, 0.2) is 0 Å². The molecule has 0 amide bonds. The predicted octanol–water partition coefficient (Wildman–Crippen LogP) is 1.06. The molecule has 86 valence electrons.